The van der Waals surface area contributed by atoms with Crippen LogP contribution in [0, 0.1) is 5.92 Å². The third-order valence-corrected chi connectivity index (χ3v) is 5.84. The molecule has 1 aliphatic heterocycles. The summed E-state index contributed by atoms with van der Waals surface area (Å²) in [5.41, 5.74) is -0.608. The molecule has 2 fully saturated rings. The summed E-state index contributed by atoms with van der Waals surface area (Å²) < 4.78 is 7.55. The molecule has 1 aromatic heterocycles. The van der Waals surface area contributed by atoms with Crippen LogP contribution in [-0.4, -0.2) is 51.3 Å². The smallest absolute Gasteiger partial charge is 0.254 e. The second-order valence-electron chi connectivity index (χ2n) is 7.23. The third-order valence-electron chi connectivity index (χ3n) is 5.84. The fourth-order valence-electron chi connectivity index (χ4n) is 4.21. The van der Waals surface area contributed by atoms with Crippen LogP contribution in [0.2, 0.25) is 0 Å². The van der Waals surface area contributed by atoms with Crippen molar-refractivity contribution < 1.29 is 14.6 Å². The average Bonchev–Trinajstić information content (AvgIpc) is 3.07. The highest BCUT2D eigenvalue weighted by molar-refractivity contribution is 5.85. The van der Waals surface area contributed by atoms with Crippen molar-refractivity contribution >= 4 is 5.91 Å². The topological polar surface area (TPSA) is 67.6 Å². The number of aryl methyl sites for hydroxylation is 1. The lowest BCUT2D eigenvalue weighted by Crippen LogP contribution is -2.53. The molecule has 1 saturated carbocycles. The molecule has 134 valence electrons. The van der Waals surface area contributed by atoms with Crippen molar-refractivity contribution in [2.45, 2.75) is 56.7 Å². The van der Waals surface area contributed by atoms with Gasteiger partial charge in [0.05, 0.1) is 0 Å². The van der Waals surface area contributed by atoms with Crippen LogP contribution in [-0.2, 0) is 16.6 Å². The zero-order valence-corrected chi connectivity index (χ0v) is 14.8. The number of carbonyl (C=O) groups is 1. The van der Waals surface area contributed by atoms with Gasteiger partial charge < -0.3 is 19.3 Å². The van der Waals surface area contributed by atoms with E-state index in [2.05, 4.69) is 4.98 Å². The largest absolute Gasteiger partial charge is 0.385 e. The summed E-state index contributed by atoms with van der Waals surface area (Å²) in [5.74, 6) is 1.01. The SMILES string of the molecule is COC1(C(=O)N2CCC(C(O)c3nccn3C)CC2)CCCCC1. The number of likely N-dealkylation sites (tertiary alicyclic amines) is 1. The van der Waals surface area contributed by atoms with Gasteiger partial charge in [-0.1, -0.05) is 19.3 Å². The van der Waals surface area contributed by atoms with Gasteiger partial charge in [0, 0.05) is 39.6 Å². The number of piperidine rings is 1. The van der Waals surface area contributed by atoms with E-state index in [4.69, 9.17) is 4.74 Å². The molecule has 3 rings (SSSR count). The molecule has 0 bridgehead atoms. The maximum Gasteiger partial charge on any atom is 0.254 e. The first kappa shape index (κ1) is 17.4. The Labute approximate surface area is 143 Å². The second kappa shape index (κ2) is 7.23. The summed E-state index contributed by atoms with van der Waals surface area (Å²) in [6.45, 7) is 1.38. The van der Waals surface area contributed by atoms with Crippen molar-refractivity contribution in [2.24, 2.45) is 13.0 Å². The normalized spacial score (nSPS) is 23.2. The molecule has 2 heterocycles. The summed E-state index contributed by atoms with van der Waals surface area (Å²) in [6.07, 6.45) is 9.59. The van der Waals surface area contributed by atoms with E-state index >= 15 is 0 Å². The van der Waals surface area contributed by atoms with E-state index in [9.17, 15) is 9.90 Å². The highest BCUT2D eigenvalue weighted by Gasteiger charge is 2.43. The quantitative estimate of drug-likeness (QED) is 0.914. The van der Waals surface area contributed by atoms with Crippen LogP contribution in [0.5, 0.6) is 0 Å². The number of aliphatic hydroxyl groups excluding tert-OH is 1. The molecule has 1 amide bonds. The fraction of sp³-hybridized carbons (Fsp3) is 0.778. The van der Waals surface area contributed by atoms with Crippen molar-refractivity contribution in [2.75, 3.05) is 20.2 Å². The van der Waals surface area contributed by atoms with Crippen molar-refractivity contribution in [1.82, 2.24) is 14.5 Å². The number of aromatic nitrogens is 2. The van der Waals surface area contributed by atoms with Crippen LogP contribution in [0.25, 0.3) is 0 Å². The third kappa shape index (κ3) is 3.22. The molecule has 1 aromatic rings. The standard InChI is InChI=1S/C18H29N3O3/c1-20-13-10-19-16(20)15(22)14-6-11-21(12-7-14)17(23)18(24-2)8-4-3-5-9-18/h10,13-15,22H,3-9,11-12H2,1-2H3. The molecule has 1 atom stereocenters. The number of hydrogen-bond acceptors (Lipinski definition) is 4. The first-order valence-corrected chi connectivity index (χ1v) is 9.07. The molecule has 1 aliphatic carbocycles. The monoisotopic (exact) mass is 335 g/mol. The molecule has 0 spiro atoms. The van der Waals surface area contributed by atoms with Gasteiger partial charge in [-0.2, -0.15) is 0 Å². The molecule has 0 aromatic carbocycles. The van der Waals surface area contributed by atoms with Crippen LogP contribution in [0.1, 0.15) is 56.9 Å². The summed E-state index contributed by atoms with van der Waals surface area (Å²) in [4.78, 5) is 19.2. The van der Waals surface area contributed by atoms with Crippen molar-refractivity contribution in [3.63, 3.8) is 0 Å². The fourth-order valence-corrected chi connectivity index (χ4v) is 4.21. The lowest BCUT2D eigenvalue weighted by molar-refractivity contribution is -0.161. The van der Waals surface area contributed by atoms with Crippen LogP contribution in [0.4, 0.5) is 0 Å². The number of rotatable bonds is 4. The van der Waals surface area contributed by atoms with Crippen molar-refractivity contribution in [1.29, 1.82) is 0 Å². The van der Waals surface area contributed by atoms with E-state index in [1.807, 2.05) is 22.7 Å². The first-order valence-electron chi connectivity index (χ1n) is 9.07. The Balaban J connectivity index is 1.60. The maximum absolute atomic E-state index is 13.0. The van der Waals surface area contributed by atoms with Crippen LogP contribution < -0.4 is 0 Å². The van der Waals surface area contributed by atoms with E-state index in [0.717, 1.165) is 38.5 Å². The van der Waals surface area contributed by atoms with Crippen LogP contribution >= 0.6 is 0 Å². The predicted molar refractivity (Wildman–Crippen MR) is 90.3 cm³/mol. The number of methoxy groups -OCH3 is 1. The molecule has 6 heteroatoms. The minimum atomic E-state index is -0.608. The van der Waals surface area contributed by atoms with Gasteiger partial charge in [-0.05, 0) is 31.6 Å². The minimum absolute atomic E-state index is 0.148. The summed E-state index contributed by atoms with van der Waals surface area (Å²) >= 11 is 0. The van der Waals surface area contributed by atoms with Crippen LogP contribution in [0.15, 0.2) is 12.4 Å². The molecule has 0 radical (unpaired) electrons. The molecular weight excluding hydrogens is 306 g/mol. The van der Waals surface area contributed by atoms with E-state index in [1.165, 1.54) is 6.42 Å². The highest BCUT2D eigenvalue weighted by atomic mass is 16.5. The number of hydrogen-bond donors (Lipinski definition) is 1. The van der Waals surface area contributed by atoms with E-state index in [0.29, 0.717) is 18.9 Å². The second-order valence-corrected chi connectivity index (χ2v) is 7.23. The molecule has 1 N–H and O–H groups in total. The maximum atomic E-state index is 13.0. The van der Waals surface area contributed by atoms with Gasteiger partial charge in [-0.3, -0.25) is 4.79 Å². The minimum Gasteiger partial charge on any atom is -0.385 e. The van der Waals surface area contributed by atoms with Gasteiger partial charge in [-0.25, -0.2) is 4.98 Å². The highest BCUT2D eigenvalue weighted by Crippen LogP contribution is 2.35. The lowest BCUT2D eigenvalue weighted by atomic mass is 9.82. The summed E-state index contributed by atoms with van der Waals surface area (Å²) in [7, 11) is 3.57. The van der Waals surface area contributed by atoms with Crippen molar-refractivity contribution in [3.8, 4) is 0 Å². The first-order chi connectivity index (χ1) is 11.6. The Bertz CT molecular complexity index is 558. The molecule has 6 nitrogen and oxygen atoms in total. The Morgan fingerprint density at radius 2 is 2.00 bits per heavy atom. The Morgan fingerprint density at radius 3 is 2.54 bits per heavy atom. The molecule has 24 heavy (non-hydrogen) atoms. The molecular formula is C18H29N3O3. The van der Waals surface area contributed by atoms with Gasteiger partial charge in [0.1, 0.15) is 17.5 Å². The Morgan fingerprint density at radius 1 is 1.33 bits per heavy atom. The van der Waals surface area contributed by atoms with Gasteiger partial charge in [0.25, 0.3) is 5.91 Å². The molecule has 2 aliphatic rings. The lowest BCUT2D eigenvalue weighted by Gasteiger charge is -2.41. The van der Waals surface area contributed by atoms with Crippen LogP contribution in [0.3, 0.4) is 0 Å². The van der Waals surface area contributed by atoms with Gasteiger partial charge in [0.15, 0.2) is 0 Å². The summed E-state index contributed by atoms with van der Waals surface area (Å²) in [6, 6.07) is 0. The zero-order valence-electron chi connectivity index (χ0n) is 14.8. The van der Waals surface area contributed by atoms with E-state index < -0.39 is 11.7 Å². The number of nitrogens with zero attached hydrogens (tertiary/aromatic N) is 3. The number of amides is 1. The average molecular weight is 335 g/mol. The van der Waals surface area contributed by atoms with Gasteiger partial charge in [-0.15, -0.1) is 0 Å². The summed E-state index contributed by atoms with van der Waals surface area (Å²) in [5, 5.41) is 10.6. The van der Waals surface area contributed by atoms with Crippen molar-refractivity contribution in [3.05, 3.63) is 18.2 Å². The number of imidazole rings is 1. The van der Waals surface area contributed by atoms with E-state index in [1.54, 1.807) is 13.3 Å². The number of aliphatic hydroxyl groups is 1. The van der Waals surface area contributed by atoms with Gasteiger partial charge in [0.2, 0.25) is 0 Å². The van der Waals surface area contributed by atoms with Gasteiger partial charge >= 0.3 is 0 Å². The zero-order chi connectivity index (χ0) is 17.2. The molecule has 1 saturated heterocycles. The molecule has 1 unspecified atom stereocenters. The number of ether oxygens (including phenoxy) is 1. The Hall–Kier alpha value is -1.40. The Kier molecular flexibility index (Phi) is 5.25. The van der Waals surface area contributed by atoms with E-state index in [-0.39, 0.29) is 11.8 Å². The predicted octanol–water partition coefficient (Wildman–Crippen LogP) is 2.04. The number of carbonyl (C=O) groups excluding carboxylic acids is 1.